The number of nitrogens with zero attached hydrogens (tertiary/aromatic N) is 2. The van der Waals surface area contributed by atoms with Crippen LogP contribution in [0.4, 0.5) is 0 Å². The van der Waals surface area contributed by atoms with Gasteiger partial charge in [0.25, 0.3) is 0 Å². The minimum absolute atomic E-state index is 0.126. The third kappa shape index (κ3) is 4.72. The van der Waals surface area contributed by atoms with E-state index in [2.05, 4.69) is 63.6 Å². The summed E-state index contributed by atoms with van der Waals surface area (Å²) in [6.45, 7) is 19.5. The zero-order chi connectivity index (χ0) is 16.4. The molecule has 1 aromatic rings. The van der Waals surface area contributed by atoms with E-state index in [4.69, 9.17) is 11.6 Å². The molecule has 3 nitrogen and oxygen atoms in total. The molecule has 0 radical (unpaired) electrons. The van der Waals surface area contributed by atoms with Crippen molar-refractivity contribution >= 4 is 11.6 Å². The fraction of sp³-hybridized carbons (Fsp3) is 0.824. The second-order valence-corrected chi connectivity index (χ2v) is 8.13. The first-order valence-electron chi connectivity index (χ1n) is 7.97. The van der Waals surface area contributed by atoms with Crippen molar-refractivity contribution in [1.82, 2.24) is 15.1 Å². The SMILES string of the molecule is CCn1nc(C)c(Cl)c1CC(C)(CNC(C)(C)C)C(C)C. The van der Waals surface area contributed by atoms with E-state index in [1.807, 2.05) is 6.92 Å². The second kappa shape index (κ2) is 6.70. The lowest BCUT2D eigenvalue weighted by Crippen LogP contribution is -2.46. The first-order chi connectivity index (χ1) is 9.50. The minimum atomic E-state index is 0.126. The molecule has 4 heteroatoms. The zero-order valence-corrected chi connectivity index (χ0v) is 15.7. The van der Waals surface area contributed by atoms with Gasteiger partial charge >= 0.3 is 0 Å². The van der Waals surface area contributed by atoms with Crippen LogP contribution in [0.15, 0.2) is 0 Å². The number of aromatic nitrogens is 2. The molecule has 0 aliphatic heterocycles. The Morgan fingerprint density at radius 2 is 1.81 bits per heavy atom. The van der Waals surface area contributed by atoms with Crippen molar-refractivity contribution in [3.8, 4) is 0 Å². The number of halogens is 1. The van der Waals surface area contributed by atoms with Crippen molar-refractivity contribution in [3.63, 3.8) is 0 Å². The summed E-state index contributed by atoms with van der Waals surface area (Å²) in [7, 11) is 0. The summed E-state index contributed by atoms with van der Waals surface area (Å²) in [5.41, 5.74) is 2.38. The van der Waals surface area contributed by atoms with Crippen LogP contribution in [0.25, 0.3) is 0 Å². The van der Waals surface area contributed by atoms with Gasteiger partial charge < -0.3 is 5.32 Å². The molecule has 0 fully saturated rings. The van der Waals surface area contributed by atoms with Crippen LogP contribution in [0.2, 0.25) is 5.02 Å². The highest BCUT2D eigenvalue weighted by Crippen LogP contribution is 2.34. The molecule has 0 bridgehead atoms. The van der Waals surface area contributed by atoms with E-state index in [-0.39, 0.29) is 11.0 Å². The second-order valence-electron chi connectivity index (χ2n) is 7.75. The molecule has 1 rings (SSSR count). The van der Waals surface area contributed by atoms with Gasteiger partial charge in [0.15, 0.2) is 0 Å². The monoisotopic (exact) mass is 313 g/mol. The van der Waals surface area contributed by atoms with Crippen LogP contribution >= 0.6 is 11.6 Å². The van der Waals surface area contributed by atoms with Gasteiger partial charge in [0.05, 0.1) is 16.4 Å². The van der Waals surface area contributed by atoms with Crippen LogP contribution in [0.3, 0.4) is 0 Å². The summed E-state index contributed by atoms with van der Waals surface area (Å²) >= 11 is 6.49. The molecule has 1 aromatic heterocycles. The Kier molecular flexibility index (Phi) is 5.91. The van der Waals surface area contributed by atoms with Crippen LogP contribution in [0.5, 0.6) is 0 Å². The Labute approximate surface area is 135 Å². The van der Waals surface area contributed by atoms with E-state index in [1.54, 1.807) is 0 Å². The molecule has 0 aromatic carbocycles. The van der Waals surface area contributed by atoms with Crippen molar-refractivity contribution in [2.24, 2.45) is 11.3 Å². The topological polar surface area (TPSA) is 29.9 Å². The van der Waals surface area contributed by atoms with Crippen LogP contribution in [-0.2, 0) is 13.0 Å². The van der Waals surface area contributed by atoms with E-state index < -0.39 is 0 Å². The van der Waals surface area contributed by atoms with Crippen molar-refractivity contribution in [2.45, 2.75) is 73.9 Å². The Morgan fingerprint density at radius 1 is 1.24 bits per heavy atom. The standard InChI is InChI=1S/C17H32ClN3/c1-9-21-14(15(18)13(4)20-21)10-17(8,12(2)3)11-19-16(5,6)7/h12,19H,9-11H2,1-8H3. The van der Waals surface area contributed by atoms with Gasteiger partial charge in [-0.15, -0.1) is 0 Å². The number of hydrogen-bond acceptors (Lipinski definition) is 2. The molecule has 0 aliphatic carbocycles. The summed E-state index contributed by atoms with van der Waals surface area (Å²) in [4.78, 5) is 0. The fourth-order valence-electron chi connectivity index (χ4n) is 2.36. The van der Waals surface area contributed by atoms with Crippen LogP contribution in [0.1, 0.15) is 59.9 Å². The van der Waals surface area contributed by atoms with E-state index >= 15 is 0 Å². The molecular weight excluding hydrogens is 282 g/mol. The van der Waals surface area contributed by atoms with Gasteiger partial charge in [0.1, 0.15) is 0 Å². The maximum absolute atomic E-state index is 6.49. The summed E-state index contributed by atoms with van der Waals surface area (Å²) in [5, 5.41) is 9.03. The Morgan fingerprint density at radius 3 is 2.24 bits per heavy atom. The third-order valence-corrected chi connectivity index (χ3v) is 4.93. The highest BCUT2D eigenvalue weighted by atomic mass is 35.5. The number of rotatable bonds is 6. The Balaban J connectivity index is 3.03. The maximum atomic E-state index is 6.49. The number of hydrogen-bond donors (Lipinski definition) is 1. The van der Waals surface area contributed by atoms with Crippen molar-refractivity contribution in [3.05, 3.63) is 16.4 Å². The molecule has 122 valence electrons. The molecule has 1 N–H and O–H groups in total. The highest BCUT2D eigenvalue weighted by molar-refractivity contribution is 6.31. The maximum Gasteiger partial charge on any atom is 0.0847 e. The molecule has 0 aliphatic rings. The predicted molar refractivity (Wildman–Crippen MR) is 92.1 cm³/mol. The normalized spacial score (nSPS) is 15.5. The molecule has 21 heavy (non-hydrogen) atoms. The van der Waals surface area contributed by atoms with Gasteiger partial charge in [-0.05, 0) is 52.4 Å². The van der Waals surface area contributed by atoms with E-state index in [0.717, 1.165) is 30.2 Å². The van der Waals surface area contributed by atoms with E-state index in [1.165, 1.54) is 5.69 Å². The van der Waals surface area contributed by atoms with Crippen LogP contribution in [-0.4, -0.2) is 21.9 Å². The summed E-state index contributed by atoms with van der Waals surface area (Å²) in [6, 6.07) is 0. The Bertz CT molecular complexity index is 471. The smallest absolute Gasteiger partial charge is 0.0847 e. The van der Waals surface area contributed by atoms with Crippen molar-refractivity contribution in [1.29, 1.82) is 0 Å². The molecule has 1 heterocycles. The quantitative estimate of drug-likeness (QED) is 0.840. The molecule has 1 atom stereocenters. The number of nitrogens with one attached hydrogen (secondary N) is 1. The predicted octanol–water partition coefficient (Wildman–Crippen LogP) is 4.46. The first kappa shape index (κ1) is 18.5. The first-order valence-corrected chi connectivity index (χ1v) is 8.35. The van der Waals surface area contributed by atoms with Gasteiger partial charge in [0.2, 0.25) is 0 Å². The lowest BCUT2D eigenvalue weighted by molar-refractivity contribution is 0.184. The van der Waals surface area contributed by atoms with Gasteiger partial charge in [-0.3, -0.25) is 4.68 Å². The van der Waals surface area contributed by atoms with Crippen molar-refractivity contribution < 1.29 is 0 Å². The molecule has 0 saturated carbocycles. The molecule has 0 spiro atoms. The Hall–Kier alpha value is -0.540. The molecule has 1 unspecified atom stereocenters. The molecular formula is C17H32ClN3. The minimum Gasteiger partial charge on any atom is -0.312 e. The third-order valence-electron chi connectivity index (χ3n) is 4.44. The van der Waals surface area contributed by atoms with E-state index in [9.17, 15) is 0 Å². The largest absolute Gasteiger partial charge is 0.312 e. The summed E-state index contributed by atoms with van der Waals surface area (Å²) < 4.78 is 2.05. The number of aryl methyl sites for hydroxylation is 2. The van der Waals surface area contributed by atoms with Crippen LogP contribution in [0, 0.1) is 18.3 Å². The highest BCUT2D eigenvalue weighted by Gasteiger charge is 2.32. The van der Waals surface area contributed by atoms with Crippen molar-refractivity contribution in [2.75, 3.05) is 6.54 Å². The van der Waals surface area contributed by atoms with Gasteiger partial charge in [0, 0.05) is 18.6 Å². The van der Waals surface area contributed by atoms with Gasteiger partial charge in [-0.25, -0.2) is 0 Å². The average molecular weight is 314 g/mol. The summed E-state index contributed by atoms with van der Waals surface area (Å²) in [6.07, 6.45) is 0.946. The van der Waals surface area contributed by atoms with Gasteiger partial charge in [-0.1, -0.05) is 32.4 Å². The zero-order valence-electron chi connectivity index (χ0n) is 15.0. The van der Waals surface area contributed by atoms with E-state index in [0.29, 0.717) is 5.92 Å². The molecule has 0 saturated heterocycles. The average Bonchev–Trinajstić information content (AvgIpc) is 2.63. The van der Waals surface area contributed by atoms with Crippen LogP contribution < -0.4 is 5.32 Å². The molecule has 0 amide bonds. The lowest BCUT2D eigenvalue weighted by atomic mass is 9.75. The fourth-order valence-corrected chi connectivity index (χ4v) is 2.56. The lowest BCUT2D eigenvalue weighted by Gasteiger charge is -2.37. The summed E-state index contributed by atoms with van der Waals surface area (Å²) in [5.74, 6) is 0.559. The van der Waals surface area contributed by atoms with Gasteiger partial charge in [-0.2, -0.15) is 5.10 Å².